The predicted molar refractivity (Wildman–Crippen MR) is 96.7 cm³/mol. The summed E-state index contributed by atoms with van der Waals surface area (Å²) in [4.78, 5) is 15.8. The Balaban J connectivity index is 1.30. The van der Waals surface area contributed by atoms with E-state index in [0.29, 0.717) is 5.56 Å². The number of halogens is 1. The van der Waals surface area contributed by atoms with Crippen molar-refractivity contribution >= 4 is 5.91 Å². The molecule has 136 valence electrons. The third-order valence-electron chi connectivity index (χ3n) is 5.33. The van der Waals surface area contributed by atoms with Crippen LogP contribution in [0.25, 0.3) is 0 Å². The molecule has 26 heavy (non-hydrogen) atoms. The fraction of sp³-hybridized carbons (Fsp3) is 0.381. The summed E-state index contributed by atoms with van der Waals surface area (Å²) in [6, 6.07) is 13.0. The predicted octanol–water partition coefficient (Wildman–Crippen LogP) is 1.23. The average Bonchev–Trinajstić information content (AvgIpc) is 3.12. The topological polar surface area (TPSA) is 34.0 Å². The smallest absolute Gasteiger partial charge is 0.227 e. The number of nitrogens with one attached hydrogen (secondary N) is 1. The van der Waals surface area contributed by atoms with Crippen molar-refractivity contribution in [1.29, 1.82) is 0 Å². The third-order valence-corrected chi connectivity index (χ3v) is 5.33. The quantitative estimate of drug-likeness (QED) is 0.895. The molecule has 2 aromatic rings. The minimum atomic E-state index is -0.300. The van der Waals surface area contributed by atoms with E-state index in [1.54, 1.807) is 18.2 Å². The van der Waals surface area contributed by atoms with Crippen LogP contribution in [0.4, 0.5) is 4.39 Å². The maximum Gasteiger partial charge on any atom is 0.227 e. The summed E-state index contributed by atoms with van der Waals surface area (Å²) in [5.74, 6) is 0.738. The van der Waals surface area contributed by atoms with E-state index >= 15 is 0 Å². The number of piperazine rings is 1. The highest BCUT2D eigenvalue weighted by atomic mass is 19.1. The zero-order chi connectivity index (χ0) is 17.9. The van der Waals surface area contributed by atoms with Crippen molar-refractivity contribution in [3.63, 3.8) is 0 Å². The van der Waals surface area contributed by atoms with Gasteiger partial charge in [0.1, 0.15) is 18.1 Å². The minimum Gasteiger partial charge on any atom is -0.493 e. The molecule has 0 bridgehead atoms. The molecule has 2 aliphatic rings. The second-order valence-corrected chi connectivity index (χ2v) is 7.12. The van der Waals surface area contributed by atoms with Crippen molar-refractivity contribution in [3.05, 3.63) is 65.0 Å². The van der Waals surface area contributed by atoms with Gasteiger partial charge in [-0.2, -0.15) is 0 Å². The highest BCUT2D eigenvalue weighted by Gasteiger charge is 2.24. The first-order chi connectivity index (χ1) is 12.7. The van der Waals surface area contributed by atoms with Gasteiger partial charge in [0.2, 0.25) is 5.91 Å². The molecule has 0 spiro atoms. The number of benzene rings is 2. The standard InChI is InChI=1S/C21H23FN2O2/c22-19-4-2-1-3-17(19)14-21(25)24-10-8-23(9-11-24)15-16-5-6-20-18(13-16)7-12-26-20/h1-6,13H,7-12,14-15H2/p+1. The van der Waals surface area contributed by atoms with Gasteiger partial charge in [0.25, 0.3) is 0 Å². The Kier molecular flexibility index (Phi) is 4.89. The first-order valence-electron chi connectivity index (χ1n) is 9.28. The van der Waals surface area contributed by atoms with Gasteiger partial charge in [-0.25, -0.2) is 4.39 Å². The van der Waals surface area contributed by atoms with E-state index in [2.05, 4.69) is 18.2 Å². The van der Waals surface area contributed by atoms with Crippen LogP contribution in [0.3, 0.4) is 0 Å². The van der Waals surface area contributed by atoms with Crippen molar-refractivity contribution in [2.24, 2.45) is 0 Å². The van der Waals surface area contributed by atoms with Crippen molar-refractivity contribution in [3.8, 4) is 5.75 Å². The lowest BCUT2D eigenvalue weighted by Crippen LogP contribution is -3.13. The Morgan fingerprint density at radius 1 is 1.15 bits per heavy atom. The van der Waals surface area contributed by atoms with Crippen LogP contribution in [-0.4, -0.2) is 43.6 Å². The van der Waals surface area contributed by atoms with Crippen LogP contribution in [-0.2, 0) is 24.2 Å². The average molecular weight is 355 g/mol. The summed E-state index contributed by atoms with van der Waals surface area (Å²) >= 11 is 0. The molecule has 4 nitrogen and oxygen atoms in total. The van der Waals surface area contributed by atoms with Crippen LogP contribution >= 0.6 is 0 Å². The molecular weight excluding hydrogens is 331 g/mol. The number of amides is 1. The number of carbonyl (C=O) groups is 1. The molecule has 0 unspecified atom stereocenters. The number of hydrogen-bond acceptors (Lipinski definition) is 2. The van der Waals surface area contributed by atoms with Gasteiger partial charge in [0.15, 0.2) is 0 Å². The summed E-state index contributed by atoms with van der Waals surface area (Å²) in [5.41, 5.74) is 3.11. The molecule has 0 saturated carbocycles. The number of quaternary nitrogens is 1. The summed E-state index contributed by atoms with van der Waals surface area (Å²) in [6.07, 6.45) is 1.14. The number of nitrogens with zero attached hydrogens (tertiary/aromatic N) is 1. The molecule has 5 heteroatoms. The van der Waals surface area contributed by atoms with E-state index in [1.807, 2.05) is 4.90 Å². The van der Waals surface area contributed by atoms with E-state index in [4.69, 9.17) is 4.74 Å². The van der Waals surface area contributed by atoms with Gasteiger partial charge in [0.05, 0.1) is 39.2 Å². The van der Waals surface area contributed by atoms with E-state index in [0.717, 1.165) is 51.5 Å². The molecule has 2 heterocycles. The van der Waals surface area contributed by atoms with Gasteiger partial charge < -0.3 is 14.5 Å². The van der Waals surface area contributed by atoms with E-state index in [-0.39, 0.29) is 18.1 Å². The molecule has 0 aromatic heterocycles. The lowest BCUT2D eigenvalue weighted by Gasteiger charge is -2.32. The fourth-order valence-electron chi connectivity index (χ4n) is 3.80. The Morgan fingerprint density at radius 2 is 1.96 bits per heavy atom. The lowest BCUT2D eigenvalue weighted by atomic mass is 10.1. The molecule has 0 aliphatic carbocycles. The summed E-state index contributed by atoms with van der Waals surface area (Å²) in [7, 11) is 0. The number of carbonyl (C=O) groups excluding carboxylic acids is 1. The zero-order valence-corrected chi connectivity index (χ0v) is 14.8. The molecule has 0 radical (unpaired) electrons. The normalized spacial score (nSPS) is 17.0. The van der Waals surface area contributed by atoms with Crippen molar-refractivity contribution in [2.75, 3.05) is 32.8 Å². The Hall–Kier alpha value is -2.40. The second-order valence-electron chi connectivity index (χ2n) is 7.12. The summed E-state index contributed by atoms with van der Waals surface area (Å²) < 4.78 is 19.3. The van der Waals surface area contributed by atoms with Gasteiger partial charge in [-0.05, 0) is 35.4 Å². The Labute approximate surface area is 153 Å². The van der Waals surface area contributed by atoms with Crippen LogP contribution in [0.15, 0.2) is 42.5 Å². The fourth-order valence-corrected chi connectivity index (χ4v) is 3.80. The van der Waals surface area contributed by atoms with Crippen molar-refractivity contribution < 1.29 is 18.8 Å². The Bertz CT molecular complexity index is 800. The highest BCUT2D eigenvalue weighted by molar-refractivity contribution is 5.78. The first kappa shape index (κ1) is 17.0. The van der Waals surface area contributed by atoms with Gasteiger partial charge in [0, 0.05) is 12.0 Å². The van der Waals surface area contributed by atoms with E-state index in [9.17, 15) is 9.18 Å². The van der Waals surface area contributed by atoms with Crippen LogP contribution in [0.2, 0.25) is 0 Å². The molecular formula is C21H24FN2O2+. The molecule has 1 saturated heterocycles. The lowest BCUT2D eigenvalue weighted by molar-refractivity contribution is -0.917. The zero-order valence-electron chi connectivity index (χ0n) is 14.8. The van der Waals surface area contributed by atoms with Crippen LogP contribution in [0.5, 0.6) is 5.75 Å². The molecule has 1 N–H and O–H groups in total. The molecule has 2 aromatic carbocycles. The molecule has 1 fully saturated rings. The minimum absolute atomic E-state index is 0.0174. The van der Waals surface area contributed by atoms with Crippen molar-refractivity contribution in [2.45, 2.75) is 19.4 Å². The molecule has 4 rings (SSSR count). The monoisotopic (exact) mass is 355 g/mol. The van der Waals surface area contributed by atoms with Gasteiger partial charge in [-0.3, -0.25) is 4.79 Å². The Morgan fingerprint density at radius 3 is 2.77 bits per heavy atom. The number of ether oxygens (including phenoxy) is 1. The maximum absolute atomic E-state index is 13.7. The number of hydrogen-bond donors (Lipinski definition) is 1. The van der Waals surface area contributed by atoms with E-state index in [1.165, 1.54) is 22.1 Å². The van der Waals surface area contributed by atoms with Gasteiger partial charge in [-0.1, -0.05) is 18.2 Å². The molecule has 1 amide bonds. The van der Waals surface area contributed by atoms with Gasteiger partial charge >= 0.3 is 0 Å². The van der Waals surface area contributed by atoms with Crippen molar-refractivity contribution in [1.82, 2.24) is 4.90 Å². The maximum atomic E-state index is 13.7. The molecule has 2 aliphatic heterocycles. The summed E-state index contributed by atoms with van der Waals surface area (Å²) in [5, 5.41) is 0. The summed E-state index contributed by atoms with van der Waals surface area (Å²) in [6.45, 7) is 5.08. The second kappa shape index (κ2) is 7.46. The van der Waals surface area contributed by atoms with Crippen LogP contribution in [0, 0.1) is 5.82 Å². The number of fused-ring (bicyclic) bond motifs is 1. The number of rotatable bonds is 4. The van der Waals surface area contributed by atoms with Crippen LogP contribution in [0.1, 0.15) is 16.7 Å². The van der Waals surface area contributed by atoms with Gasteiger partial charge in [-0.15, -0.1) is 0 Å². The first-order valence-corrected chi connectivity index (χ1v) is 9.28. The largest absolute Gasteiger partial charge is 0.493 e. The third kappa shape index (κ3) is 3.73. The molecule has 0 atom stereocenters. The SMILES string of the molecule is O=C(Cc1ccccc1F)N1CC[NH+](Cc2ccc3c(c2)CCO3)CC1. The van der Waals surface area contributed by atoms with Crippen LogP contribution < -0.4 is 9.64 Å². The van der Waals surface area contributed by atoms with E-state index < -0.39 is 0 Å². The highest BCUT2D eigenvalue weighted by Crippen LogP contribution is 2.25.